The maximum atomic E-state index is 11.1. The Bertz CT molecular complexity index is 624. The minimum atomic E-state index is -0.422. The van der Waals surface area contributed by atoms with Crippen molar-refractivity contribution in [3.05, 3.63) is 46.5 Å². The second-order valence-electron chi connectivity index (χ2n) is 4.57. The van der Waals surface area contributed by atoms with E-state index in [4.69, 9.17) is 4.74 Å². The van der Waals surface area contributed by atoms with E-state index >= 15 is 0 Å². The van der Waals surface area contributed by atoms with Gasteiger partial charge in [-0.25, -0.2) is 4.98 Å². The Morgan fingerprint density at radius 1 is 1.48 bits per heavy atom. The summed E-state index contributed by atoms with van der Waals surface area (Å²) < 4.78 is 7.05. The van der Waals surface area contributed by atoms with E-state index in [1.54, 1.807) is 24.7 Å². The van der Waals surface area contributed by atoms with Gasteiger partial charge in [0.05, 0.1) is 36.7 Å². The third-order valence-corrected chi connectivity index (χ3v) is 3.12. The zero-order valence-electron chi connectivity index (χ0n) is 12.1. The fourth-order valence-electron chi connectivity index (χ4n) is 2.06. The average molecular weight is 290 g/mol. The van der Waals surface area contributed by atoms with Crippen LogP contribution in [0, 0.1) is 10.1 Å². The minimum Gasteiger partial charge on any atom is -0.496 e. The summed E-state index contributed by atoms with van der Waals surface area (Å²) in [6.07, 6.45) is 4.53. The summed E-state index contributed by atoms with van der Waals surface area (Å²) in [5.74, 6) is 0.461. The van der Waals surface area contributed by atoms with Gasteiger partial charge in [0.2, 0.25) is 0 Å². The number of anilines is 1. The molecule has 0 aliphatic rings. The summed E-state index contributed by atoms with van der Waals surface area (Å²) in [4.78, 5) is 14.8. The van der Waals surface area contributed by atoms with Crippen LogP contribution in [0.25, 0.3) is 0 Å². The number of hydrogen-bond donors (Lipinski definition) is 1. The van der Waals surface area contributed by atoms with Crippen molar-refractivity contribution in [3.8, 4) is 5.75 Å². The number of methoxy groups -OCH3 is 1. The molecule has 0 fully saturated rings. The van der Waals surface area contributed by atoms with E-state index in [2.05, 4.69) is 17.2 Å². The monoisotopic (exact) mass is 290 g/mol. The zero-order chi connectivity index (χ0) is 15.2. The highest BCUT2D eigenvalue weighted by Gasteiger charge is 2.15. The molecule has 0 atom stereocenters. The molecule has 1 heterocycles. The summed E-state index contributed by atoms with van der Waals surface area (Å²) >= 11 is 0. The van der Waals surface area contributed by atoms with Crippen LogP contribution in [-0.2, 0) is 13.1 Å². The first-order chi connectivity index (χ1) is 10.2. The number of nitro benzene ring substituents is 1. The first-order valence-corrected chi connectivity index (χ1v) is 6.71. The van der Waals surface area contributed by atoms with Crippen LogP contribution in [0.5, 0.6) is 5.75 Å². The van der Waals surface area contributed by atoms with Crippen LogP contribution in [-0.4, -0.2) is 21.6 Å². The van der Waals surface area contributed by atoms with Crippen molar-refractivity contribution in [2.24, 2.45) is 0 Å². The molecule has 1 aromatic heterocycles. The summed E-state index contributed by atoms with van der Waals surface area (Å²) in [6, 6.07) is 4.75. The Labute approximate surface area is 122 Å². The average Bonchev–Trinajstić information content (AvgIpc) is 2.92. The molecule has 0 amide bonds. The quantitative estimate of drug-likeness (QED) is 0.626. The van der Waals surface area contributed by atoms with Gasteiger partial charge in [-0.05, 0) is 18.6 Å². The molecule has 21 heavy (non-hydrogen) atoms. The highest BCUT2D eigenvalue weighted by Crippen LogP contribution is 2.29. The summed E-state index contributed by atoms with van der Waals surface area (Å²) in [7, 11) is 1.48. The summed E-state index contributed by atoms with van der Waals surface area (Å²) in [5.41, 5.74) is 1.45. The topological polar surface area (TPSA) is 82.2 Å². The standard InChI is InChI=1S/C14H18N4O3/c1-3-6-17-10-15-8-11(17)9-16-13-5-4-12(21-2)7-14(13)18(19)20/h4-5,7-8,10,16H,3,6,9H2,1-2H3. The highest BCUT2D eigenvalue weighted by atomic mass is 16.6. The first-order valence-electron chi connectivity index (χ1n) is 6.71. The molecule has 1 aromatic carbocycles. The van der Waals surface area contributed by atoms with Crippen molar-refractivity contribution >= 4 is 11.4 Å². The molecule has 0 radical (unpaired) electrons. The molecule has 0 unspecified atom stereocenters. The van der Waals surface area contributed by atoms with E-state index in [1.165, 1.54) is 13.2 Å². The molecule has 2 aromatic rings. The number of imidazole rings is 1. The van der Waals surface area contributed by atoms with Gasteiger partial charge in [-0.2, -0.15) is 0 Å². The molecule has 7 nitrogen and oxygen atoms in total. The number of aryl methyl sites for hydroxylation is 1. The molecule has 7 heteroatoms. The molecule has 0 saturated heterocycles. The number of benzene rings is 1. The van der Waals surface area contributed by atoms with Crippen LogP contribution in [0.1, 0.15) is 19.0 Å². The summed E-state index contributed by atoms with van der Waals surface area (Å²) in [5, 5.41) is 14.2. The van der Waals surface area contributed by atoms with Gasteiger partial charge in [-0.1, -0.05) is 6.92 Å². The van der Waals surface area contributed by atoms with Crippen LogP contribution < -0.4 is 10.1 Å². The molecule has 0 bridgehead atoms. The predicted molar refractivity (Wildman–Crippen MR) is 79.5 cm³/mol. The van der Waals surface area contributed by atoms with E-state index < -0.39 is 4.92 Å². The maximum absolute atomic E-state index is 11.1. The van der Waals surface area contributed by atoms with Crippen LogP contribution in [0.3, 0.4) is 0 Å². The number of ether oxygens (including phenoxy) is 1. The molecule has 1 N–H and O–H groups in total. The van der Waals surface area contributed by atoms with Crippen molar-refractivity contribution < 1.29 is 9.66 Å². The largest absolute Gasteiger partial charge is 0.496 e. The zero-order valence-corrected chi connectivity index (χ0v) is 12.1. The Balaban J connectivity index is 2.15. The number of nitro groups is 1. The Hall–Kier alpha value is -2.57. The lowest BCUT2D eigenvalue weighted by Crippen LogP contribution is -2.08. The third-order valence-electron chi connectivity index (χ3n) is 3.12. The van der Waals surface area contributed by atoms with E-state index in [0.29, 0.717) is 18.0 Å². The molecule has 2 rings (SSSR count). The Kier molecular flexibility index (Phi) is 4.76. The number of nitrogens with one attached hydrogen (secondary N) is 1. The molecule has 0 aliphatic heterocycles. The van der Waals surface area contributed by atoms with Gasteiger partial charge >= 0.3 is 0 Å². The Morgan fingerprint density at radius 3 is 2.95 bits per heavy atom. The molecular formula is C14H18N4O3. The smallest absolute Gasteiger partial charge is 0.296 e. The van der Waals surface area contributed by atoms with Crippen LogP contribution >= 0.6 is 0 Å². The second-order valence-corrected chi connectivity index (χ2v) is 4.57. The SMILES string of the molecule is CCCn1cncc1CNc1ccc(OC)cc1[N+](=O)[O-]. The van der Waals surface area contributed by atoms with Gasteiger partial charge in [0.15, 0.2) is 0 Å². The molecule has 0 saturated carbocycles. The Morgan fingerprint density at radius 2 is 2.29 bits per heavy atom. The van der Waals surface area contributed by atoms with Crippen LogP contribution in [0.2, 0.25) is 0 Å². The molecular weight excluding hydrogens is 272 g/mol. The van der Waals surface area contributed by atoms with Gasteiger partial charge in [0, 0.05) is 12.7 Å². The van der Waals surface area contributed by atoms with Gasteiger partial charge in [-0.15, -0.1) is 0 Å². The number of hydrogen-bond acceptors (Lipinski definition) is 5. The second kappa shape index (κ2) is 6.74. The predicted octanol–water partition coefficient (Wildman–Crippen LogP) is 2.82. The van der Waals surface area contributed by atoms with Gasteiger partial charge in [0.1, 0.15) is 11.4 Å². The minimum absolute atomic E-state index is 0.00379. The number of nitrogens with zero attached hydrogens (tertiary/aromatic N) is 3. The lowest BCUT2D eigenvalue weighted by Gasteiger charge is -2.10. The number of aromatic nitrogens is 2. The van der Waals surface area contributed by atoms with Gasteiger partial charge < -0.3 is 14.6 Å². The third kappa shape index (κ3) is 3.50. The maximum Gasteiger partial charge on any atom is 0.296 e. The highest BCUT2D eigenvalue weighted by molar-refractivity contribution is 5.63. The lowest BCUT2D eigenvalue weighted by molar-refractivity contribution is -0.384. The van der Waals surface area contributed by atoms with Crippen molar-refractivity contribution in [1.82, 2.24) is 9.55 Å². The van der Waals surface area contributed by atoms with Gasteiger partial charge in [-0.3, -0.25) is 10.1 Å². The normalized spacial score (nSPS) is 10.4. The van der Waals surface area contributed by atoms with E-state index in [9.17, 15) is 10.1 Å². The van der Waals surface area contributed by atoms with Crippen molar-refractivity contribution in [2.75, 3.05) is 12.4 Å². The van der Waals surface area contributed by atoms with E-state index in [1.807, 2.05) is 4.57 Å². The van der Waals surface area contributed by atoms with Crippen LogP contribution in [0.15, 0.2) is 30.7 Å². The first kappa shape index (κ1) is 14.8. The number of rotatable bonds is 7. The lowest BCUT2D eigenvalue weighted by atomic mass is 10.2. The molecule has 0 aliphatic carbocycles. The van der Waals surface area contributed by atoms with Crippen molar-refractivity contribution in [2.45, 2.75) is 26.4 Å². The van der Waals surface area contributed by atoms with Crippen molar-refractivity contribution in [3.63, 3.8) is 0 Å². The van der Waals surface area contributed by atoms with E-state index in [0.717, 1.165) is 18.7 Å². The van der Waals surface area contributed by atoms with Crippen LogP contribution in [0.4, 0.5) is 11.4 Å². The van der Waals surface area contributed by atoms with Gasteiger partial charge in [0.25, 0.3) is 5.69 Å². The fraction of sp³-hybridized carbons (Fsp3) is 0.357. The molecule has 112 valence electrons. The van der Waals surface area contributed by atoms with E-state index in [-0.39, 0.29) is 5.69 Å². The summed E-state index contributed by atoms with van der Waals surface area (Å²) in [6.45, 7) is 3.44. The fourth-order valence-corrected chi connectivity index (χ4v) is 2.06. The molecule has 0 spiro atoms. The van der Waals surface area contributed by atoms with Crippen molar-refractivity contribution in [1.29, 1.82) is 0 Å².